The molecule has 106 valence electrons. The molecule has 1 aromatic rings. The van der Waals surface area contributed by atoms with Gasteiger partial charge in [0.05, 0.1) is 5.01 Å². The van der Waals surface area contributed by atoms with Crippen LogP contribution in [0, 0.1) is 5.92 Å². The average molecular weight is 285 g/mol. The van der Waals surface area contributed by atoms with Crippen molar-refractivity contribution in [2.75, 3.05) is 6.54 Å². The highest BCUT2D eigenvalue weighted by Crippen LogP contribution is 2.07. The highest BCUT2D eigenvalue weighted by Gasteiger charge is 2.24. The molecular weight excluding hydrogens is 266 g/mol. The minimum atomic E-state index is -1.01. The molecule has 0 spiro atoms. The maximum absolute atomic E-state index is 11.6. The van der Waals surface area contributed by atoms with Gasteiger partial charge in [-0.1, -0.05) is 20.3 Å². The third-order valence-corrected chi connectivity index (χ3v) is 3.71. The van der Waals surface area contributed by atoms with Crippen LogP contribution in [-0.4, -0.2) is 34.7 Å². The third-order valence-electron chi connectivity index (χ3n) is 2.87. The van der Waals surface area contributed by atoms with E-state index in [9.17, 15) is 9.59 Å². The molecule has 3 N–H and O–H groups in total. The molecule has 2 amide bonds. The number of hydrogen-bond acceptors (Lipinski definition) is 4. The standard InChI is InChI=1S/C12H19N3O3S/c1-3-8(2)10(11(16)17)15-12(18)14-5-4-9-13-6-7-19-9/h6-8,10H,3-5H2,1-2H3,(H,16,17)(H2,14,15,18)/t8?,10-/m0/s1. The Morgan fingerprint density at radius 1 is 1.53 bits per heavy atom. The number of nitrogens with one attached hydrogen (secondary N) is 2. The number of carboxylic acid groups (broad SMARTS) is 1. The first-order chi connectivity index (χ1) is 9.04. The number of aliphatic carboxylic acids is 1. The molecule has 1 heterocycles. The summed E-state index contributed by atoms with van der Waals surface area (Å²) in [5.41, 5.74) is 0. The molecule has 0 bridgehead atoms. The lowest BCUT2D eigenvalue weighted by molar-refractivity contribution is -0.140. The number of carboxylic acids is 1. The summed E-state index contributed by atoms with van der Waals surface area (Å²) >= 11 is 1.52. The second-order valence-electron chi connectivity index (χ2n) is 4.28. The van der Waals surface area contributed by atoms with Crippen molar-refractivity contribution in [3.8, 4) is 0 Å². The Labute approximate surface area is 116 Å². The van der Waals surface area contributed by atoms with Crippen LogP contribution in [-0.2, 0) is 11.2 Å². The summed E-state index contributed by atoms with van der Waals surface area (Å²) in [6.45, 7) is 4.13. The van der Waals surface area contributed by atoms with Gasteiger partial charge in [0.25, 0.3) is 0 Å². The maximum atomic E-state index is 11.6. The smallest absolute Gasteiger partial charge is 0.326 e. The lowest BCUT2D eigenvalue weighted by atomic mass is 9.99. The Hall–Kier alpha value is -1.63. The molecule has 2 atom stereocenters. The molecule has 1 unspecified atom stereocenters. The first kappa shape index (κ1) is 15.4. The number of hydrogen-bond donors (Lipinski definition) is 3. The van der Waals surface area contributed by atoms with Crippen molar-refractivity contribution in [1.82, 2.24) is 15.6 Å². The number of nitrogens with zero attached hydrogens (tertiary/aromatic N) is 1. The molecule has 6 nitrogen and oxygen atoms in total. The fraction of sp³-hybridized carbons (Fsp3) is 0.583. The molecule has 0 saturated heterocycles. The topological polar surface area (TPSA) is 91.3 Å². The highest BCUT2D eigenvalue weighted by molar-refractivity contribution is 7.09. The van der Waals surface area contributed by atoms with Gasteiger partial charge in [0, 0.05) is 24.5 Å². The summed E-state index contributed by atoms with van der Waals surface area (Å²) in [5, 5.41) is 17.0. The number of amides is 2. The van der Waals surface area contributed by atoms with E-state index in [0.29, 0.717) is 19.4 Å². The summed E-state index contributed by atoms with van der Waals surface area (Å²) < 4.78 is 0. The number of rotatable bonds is 7. The molecule has 0 aliphatic heterocycles. The summed E-state index contributed by atoms with van der Waals surface area (Å²) in [6, 6.07) is -1.31. The highest BCUT2D eigenvalue weighted by atomic mass is 32.1. The maximum Gasteiger partial charge on any atom is 0.326 e. The molecule has 0 saturated carbocycles. The van der Waals surface area contributed by atoms with Crippen molar-refractivity contribution >= 4 is 23.3 Å². The van der Waals surface area contributed by atoms with Crippen LogP contribution in [0.1, 0.15) is 25.3 Å². The van der Waals surface area contributed by atoms with Crippen molar-refractivity contribution in [2.45, 2.75) is 32.7 Å². The van der Waals surface area contributed by atoms with Crippen molar-refractivity contribution < 1.29 is 14.7 Å². The fourth-order valence-electron chi connectivity index (χ4n) is 1.53. The molecule has 1 aromatic heterocycles. The van der Waals surface area contributed by atoms with Gasteiger partial charge in [-0.25, -0.2) is 14.6 Å². The predicted octanol–water partition coefficient (Wildman–Crippen LogP) is 1.48. The Morgan fingerprint density at radius 2 is 2.26 bits per heavy atom. The largest absolute Gasteiger partial charge is 0.480 e. The third kappa shape index (κ3) is 5.25. The van der Waals surface area contributed by atoms with Gasteiger partial charge in [0.15, 0.2) is 0 Å². The molecule has 19 heavy (non-hydrogen) atoms. The molecule has 0 aromatic carbocycles. The van der Waals surface area contributed by atoms with Crippen molar-refractivity contribution in [2.24, 2.45) is 5.92 Å². The molecule has 0 fully saturated rings. The van der Waals surface area contributed by atoms with Gasteiger partial charge in [-0.3, -0.25) is 0 Å². The van der Waals surface area contributed by atoms with Crippen LogP contribution in [0.15, 0.2) is 11.6 Å². The van der Waals surface area contributed by atoms with E-state index >= 15 is 0 Å². The first-order valence-electron chi connectivity index (χ1n) is 6.20. The number of carbonyl (C=O) groups excluding carboxylic acids is 1. The second-order valence-corrected chi connectivity index (χ2v) is 5.26. The minimum absolute atomic E-state index is 0.109. The Bertz CT molecular complexity index is 408. The summed E-state index contributed by atoms with van der Waals surface area (Å²) in [4.78, 5) is 26.7. The van der Waals surface area contributed by atoms with Crippen molar-refractivity contribution in [3.05, 3.63) is 16.6 Å². The van der Waals surface area contributed by atoms with Crippen LogP contribution in [0.5, 0.6) is 0 Å². The van der Waals surface area contributed by atoms with Crippen LogP contribution in [0.2, 0.25) is 0 Å². The van der Waals surface area contributed by atoms with Gasteiger partial charge >= 0.3 is 12.0 Å². The van der Waals surface area contributed by atoms with Gasteiger partial charge in [-0.05, 0) is 5.92 Å². The lowest BCUT2D eigenvalue weighted by Gasteiger charge is -2.20. The SMILES string of the molecule is CCC(C)[C@H](NC(=O)NCCc1nccs1)C(=O)O. The molecule has 0 radical (unpaired) electrons. The van der Waals surface area contributed by atoms with Gasteiger partial charge < -0.3 is 15.7 Å². The predicted molar refractivity (Wildman–Crippen MR) is 73.2 cm³/mol. The van der Waals surface area contributed by atoms with Crippen LogP contribution >= 0.6 is 11.3 Å². The van der Waals surface area contributed by atoms with Crippen LogP contribution in [0.4, 0.5) is 4.79 Å². The summed E-state index contributed by atoms with van der Waals surface area (Å²) in [5.74, 6) is -1.12. The van der Waals surface area contributed by atoms with E-state index in [2.05, 4.69) is 15.6 Å². The molecular formula is C12H19N3O3S. The molecule has 1 rings (SSSR count). The van der Waals surface area contributed by atoms with Gasteiger partial charge in [0.2, 0.25) is 0 Å². The van der Waals surface area contributed by atoms with Gasteiger partial charge in [-0.2, -0.15) is 0 Å². The van der Waals surface area contributed by atoms with Gasteiger partial charge in [0.1, 0.15) is 6.04 Å². The number of carbonyl (C=O) groups is 2. The normalized spacial score (nSPS) is 13.6. The monoisotopic (exact) mass is 285 g/mol. The fourth-order valence-corrected chi connectivity index (χ4v) is 2.16. The van der Waals surface area contributed by atoms with Crippen molar-refractivity contribution in [1.29, 1.82) is 0 Å². The van der Waals surface area contributed by atoms with E-state index in [-0.39, 0.29) is 5.92 Å². The zero-order valence-electron chi connectivity index (χ0n) is 11.0. The Morgan fingerprint density at radius 3 is 2.79 bits per heavy atom. The van der Waals surface area contributed by atoms with Crippen LogP contribution < -0.4 is 10.6 Å². The van der Waals surface area contributed by atoms with Crippen LogP contribution in [0.25, 0.3) is 0 Å². The zero-order chi connectivity index (χ0) is 14.3. The van der Waals surface area contributed by atoms with Gasteiger partial charge in [-0.15, -0.1) is 11.3 Å². The van der Waals surface area contributed by atoms with E-state index < -0.39 is 18.0 Å². The van der Waals surface area contributed by atoms with E-state index in [1.807, 2.05) is 12.3 Å². The molecule has 0 aliphatic carbocycles. The van der Waals surface area contributed by atoms with E-state index in [0.717, 1.165) is 5.01 Å². The first-order valence-corrected chi connectivity index (χ1v) is 7.08. The van der Waals surface area contributed by atoms with E-state index in [1.54, 1.807) is 13.1 Å². The van der Waals surface area contributed by atoms with E-state index in [1.165, 1.54) is 11.3 Å². The molecule has 7 heteroatoms. The summed E-state index contributed by atoms with van der Waals surface area (Å²) in [7, 11) is 0. The zero-order valence-corrected chi connectivity index (χ0v) is 11.9. The average Bonchev–Trinajstić information content (AvgIpc) is 2.87. The number of aromatic nitrogens is 1. The number of urea groups is 1. The number of thiazole rings is 1. The minimum Gasteiger partial charge on any atom is -0.480 e. The lowest BCUT2D eigenvalue weighted by Crippen LogP contribution is -2.49. The Kier molecular flexibility index (Phi) is 6.27. The summed E-state index contributed by atoms with van der Waals surface area (Å²) in [6.07, 6.45) is 3.05. The van der Waals surface area contributed by atoms with E-state index in [4.69, 9.17) is 5.11 Å². The van der Waals surface area contributed by atoms with Crippen molar-refractivity contribution in [3.63, 3.8) is 0 Å². The second kappa shape index (κ2) is 7.73. The molecule has 0 aliphatic rings. The Balaban J connectivity index is 2.34. The van der Waals surface area contributed by atoms with Crippen LogP contribution in [0.3, 0.4) is 0 Å². The quantitative estimate of drug-likeness (QED) is 0.707.